The second kappa shape index (κ2) is 4.55. The van der Waals surface area contributed by atoms with Crippen LogP contribution in [0.1, 0.15) is 6.92 Å². The zero-order valence-corrected chi connectivity index (χ0v) is 8.21. The summed E-state index contributed by atoms with van der Waals surface area (Å²) >= 11 is 1.63. The molecule has 0 heterocycles. The molecule has 0 unspecified atom stereocenters. The lowest BCUT2D eigenvalue weighted by Crippen LogP contribution is -2.29. The molecule has 1 aromatic rings. The fourth-order valence-corrected chi connectivity index (χ4v) is 1.72. The van der Waals surface area contributed by atoms with Gasteiger partial charge in [0.2, 0.25) is 0 Å². The molecule has 1 rings (SSSR count). The van der Waals surface area contributed by atoms with E-state index in [1.165, 1.54) is 0 Å². The van der Waals surface area contributed by atoms with Crippen LogP contribution < -0.4 is 11.2 Å². The molecule has 0 atom stereocenters. The Bertz CT molecular complexity index is 293. The monoisotopic (exact) mass is 197 g/mol. The van der Waals surface area contributed by atoms with Gasteiger partial charge in [-0.25, -0.2) is 0 Å². The zero-order chi connectivity index (χ0) is 9.84. The highest BCUT2D eigenvalue weighted by Crippen LogP contribution is 2.22. The van der Waals surface area contributed by atoms with Gasteiger partial charge < -0.3 is 15.8 Å². The third-order valence-electron chi connectivity index (χ3n) is 1.63. The lowest BCUT2D eigenvalue weighted by molar-refractivity contribution is 0.426. The molecular formula is C8H12BNO2S. The number of benzene rings is 1. The third kappa shape index (κ3) is 2.65. The Morgan fingerprint density at radius 3 is 2.62 bits per heavy atom. The van der Waals surface area contributed by atoms with Crippen molar-refractivity contribution < 1.29 is 10.0 Å². The third-order valence-corrected chi connectivity index (χ3v) is 2.60. The Labute approximate surface area is 82.1 Å². The van der Waals surface area contributed by atoms with Crippen molar-refractivity contribution >= 4 is 30.0 Å². The molecule has 0 aromatic heterocycles. The molecule has 0 saturated heterocycles. The first kappa shape index (κ1) is 10.4. The number of rotatable bonds is 3. The quantitative estimate of drug-likeness (QED) is 0.364. The van der Waals surface area contributed by atoms with E-state index in [0.717, 1.165) is 10.6 Å². The van der Waals surface area contributed by atoms with E-state index in [1.54, 1.807) is 30.0 Å². The van der Waals surface area contributed by atoms with Gasteiger partial charge in [0.25, 0.3) is 0 Å². The Morgan fingerprint density at radius 2 is 2.15 bits per heavy atom. The van der Waals surface area contributed by atoms with Crippen molar-refractivity contribution in [3.63, 3.8) is 0 Å². The van der Waals surface area contributed by atoms with Crippen LogP contribution in [-0.2, 0) is 0 Å². The van der Waals surface area contributed by atoms with Crippen LogP contribution in [0.5, 0.6) is 0 Å². The van der Waals surface area contributed by atoms with Crippen molar-refractivity contribution in [2.45, 2.75) is 11.8 Å². The summed E-state index contributed by atoms with van der Waals surface area (Å²) in [4.78, 5) is 0.979. The average molecular weight is 197 g/mol. The van der Waals surface area contributed by atoms with Crippen molar-refractivity contribution in [3.05, 3.63) is 18.2 Å². The highest BCUT2D eigenvalue weighted by molar-refractivity contribution is 7.99. The van der Waals surface area contributed by atoms with E-state index >= 15 is 0 Å². The van der Waals surface area contributed by atoms with Crippen molar-refractivity contribution in [1.82, 2.24) is 0 Å². The maximum atomic E-state index is 8.86. The van der Waals surface area contributed by atoms with Crippen LogP contribution in [0.15, 0.2) is 23.1 Å². The van der Waals surface area contributed by atoms with Crippen molar-refractivity contribution in [2.75, 3.05) is 11.5 Å². The summed E-state index contributed by atoms with van der Waals surface area (Å²) in [6, 6.07) is 5.06. The highest BCUT2D eigenvalue weighted by atomic mass is 32.2. The van der Waals surface area contributed by atoms with Crippen LogP contribution >= 0.6 is 11.8 Å². The van der Waals surface area contributed by atoms with Crippen LogP contribution in [-0.4, -0.2) is 22.9 Å². The standard InChI is InChI=1S/C8H12BNO2S/c1-2-13-8-4-3-6(9(11)12)5-7(8)10/h3-5,11-12H,2,10H2,1H3. The summed E-state index contributed by atoms with van der Waals surface area (Å²) in [5.74, 6) is 0.950. The summed E-state index contributed by atoms with van der Waals surface area (Å²) < 4.78 is 0. The Kier molecular flexibility index (Phi) is 3.65. The number of hydrogen-bond acceptors (Lipinski definition) is 4. The summed E-state index contributed by atoms with van der Waals surface area (Å²) in [6.07, 6.45) is 0. The van der Waals surface area contributed by atoms with Crippen LogP contribution in [0.25, 0.3) is 0 Å². The van der Waals surface area contributed by atoms with Crippen LogP contribution in [0.3, 0.4) is 0 Å². The molecule has 0 aliphatic carbocycles. The van der Waals surface area contributed by atoms with E-state index in [4.69, 9.17) is 15.8 Å². The lowest BCUT2D eigenvalue weighted by Gasteiger charge is -2.05. The number of nitrogen functional groups attached to an aromatic ring is 1. The molecular weight excluding hydrogens is 185 g/mol. The summed E-state index contributed by atoms with van der Waals surface area (Å²) in [6.45, 7) is 2.04. The number of thioether (sulfide) groups is 1. The summed E-state index contributed by atoms with van der Waals surface area (Å²) in [5.41, 5.74) is 6.73. The first-order chi connectivity index (χ1) is 6.15. The van der Waals surface area contributed by atoms with Gasteiger partial charge in [0, 0.05) is 10.6 Å². The van der Waals surface area contributed by atoms with E-state index in [2.05, 4.69) is 0 Å². The number of hydrogen-bond donors (Lipinski definition) is 3. The molecule has 5 heteroatoms. The molecule has 4 N–H and O–H groups in total. The first-order valence-corrected chi connectivity index (χ1v) is 5.02. The van der Waals surface area contributed by atoms with E-state index in [9.17, 15) is 0 Å². The molecule has 0 aliphatic rings. The zero-order valence-electron chi connectivity index (χ0n) is 7.40. The summed E-state index contributed by atoms with van der Waals surface area (Å²) in [7, 11) is -1.44. The minimum absolute atomic E-state index is 0.429. The second-order valence-corrected chi connectivity index (χ2v) is 3.91. The smallest absolute Gasteiger partial charge is 0.423 e. The van der Waals surface area contributed by atoms with Gasteiger partial charge in [-0.05, 0) is 23.3 Å². The molecule has 13 heavy (non-hydrogen) atoms. The predicted molar refractivity (Wildman–Crippen MR) is 57.1 cm³/mol. The van der Waals surface area contributed by atoms with E-state index < -0.39 is 7.12 Å². The van der Waals surface area contributed by atoms with Gasteiger partial charge in [0.05, 0.1) is 0 Å². The average Bonchev–Trinajstić information content (AvgIpc) is 2.08. The number of anilines is 1. The topological polar surface area (TPSA) is 66.5 Å². The molecule has 70 valence electrons. The summed E-state index contributed by atoms with van der Waals surface area (Å²) in [5, 5.41) is 17.7. The van der Waals surface area contributed by atoms with Gasteiger partial charge in [-0.2, -0.15) is 0 Å². The van der Waals surface area contributed by atoms with Gasteiger partial charge in [0.15, 0.2) is 0 Å². The minimum atomic E-state index is -1.44. The van der Waals surface area contributed by atoms with E-state index in [0.29, 0.717) is 11.2 Å². The Balaban J connectivity index is 2.92. The van der Waals surface area contributed by atoms with Crippen molar-refractivity contribution in [2.24, 2.45) is 0 Å². The molecule has 0 radical (unpaired) electrons. The number of nitrogens with two attached hydrogens (primary N) is 1. The predicted octanol–water partition coefficient (Wildman–Crippen LogP) is 0.0606. The Hall–Kier alpha value is -0.645. The molecule has 0 aliphatic heterocycles. The van der Waals surface area contributed by atoms with Gasteiger partial charge in [-0.1, -0.05) is 13.0 Å². The Morgan fingerprint density at radius 1 is 1.46 bits per heavy atom. The van der Waals surface area contributed by atoms with Crippen molar-refractivity contribution in [1.29, 1.82) is 0 Å². The SMILES string of the molecule is CCSc1ccc(B(O)O)cc1N. The molecule has 1 aromatic carbocycles. The van der Waals surface area contributed by atoms with Gasteiger partial charge in [0.1, 0.15) is 0 Å². The highest BCUT2D eigenvalue weighted by Gasteiger charge is 2.11. The van der Waals surface area contributed by atoms with E-state index in [1.807, 2.05) is 6.92 Å². The normalized spacial score (nSPS) is 10.1. The van der Waals surface area contributed by atoms with Gasteiger partial charge in [-0.3, -0.25) is 0 Å². The van der Waals surface area contributed by atoms with Crippen LogP contribution in [0, 0.1) is 0 Å². The lowest BCUT2D eigenvalue weighted by atomic mass is 9.80. The fourth-order valence-electron chi connectivity index (χ4n) is 1.01. The maximum absolute atomic E-state index is 8.86. The van der Waals surface area contributed by atoms with E-state index in [-0.39, 0.29) is 0 Å². The van der Waals surface area contributed by atoms with Crippen LogP contribution in [0.2, 0.25) is 0 Å². The van der Waals surface area contributed by atoms with Gasteiger partial charge in [-0.15, -0.1) is 11.8 Å². The molecule has 3 nitrogen and oxygen atoms in total. The van der Waals surface area contributed by atoms with Crippen LogP contribution in [0.4, 0.5) is 5.69 Å². The second-order valence-electron chi connectivity index (χ2n) is 2.60. The fraction of sp³-hybridized carbons (Fsp3) is 0.250. The maximum Gasteiger partial charge on any atom is 0.488 e. The minimum Gasteiger partial charge on any atom is -0.423 e. The molecule has 0 bridgehead atoms. The molecule has 0 saturated carbocycles. The largest absolute Gasteiger partial charge is 0.488 e. The van der Waals surface area contributed by atoms with Gasteiger partial charge >= 0.3 is 7.12 Å². The molecule has 0 amide bonds. The molecule has 0 spiro atoms. The van der Waals surface area contributed by atoms with Crippen molar-refractivity contribution in [3.8, 4) is 0 Å². The molecule has 0 fully saturated rings. The first-order valence-electron chi connectivity index (χ1n) is 4.03.